The summed E-state index contributed by atoms with van der Waals surface area (Å²) in [4.78, 5) is 2.52. The molecule has 2 fully saturated rings. The molecule has 4 heteroatoms. The first-order valence-corrected chi connectivity index (χ1v) is 9.03. The van der Waals surface area contributed by atoms with Crippen LogP contribution in [0.1, 0.15) is 50.1 Å². The van der Waals surface area contributed by atoms with E-state index in [1.165, 1.54) is 24.8 Å². The van der Waals surface area contributed by atoms with Crippen LogP contribution in [0.2, 0.25) is 0 Å². The number of hydrogen-bond donors (Lipinski definition) is 1. The van der Waals surface area contributed by atoms with Crippen LogP contribution in [0.25, 0.3) is 0 Å². The summed E-state index contributed by atoms with van der Waals surface area (Å²) in [6.45, 7) is 2.75. The van der Waals surface area contributed by atoms with Crippen molar-refractivity contribution in [3.8, 4) is 0 Å². The molecule has 0 bridgehead atoms. The van der Waals surface area contributed by atoms with E-state index in [0.29, 0.717) is 6.04 Å². The van der Waals surface area contributed by atoms with E-state index in [0.717, 1.165) is 39.0 Å². The summed E-state index contributed by atoms with van der Waals surface area (Å²) >= 11 is 0. The predicted octanol–water partition coefficient (Wildman–Crippen LogP) is 3.12. The zero-order chi connectivity index (χ0) is 15.9. The molecular formula is C19H29NO3. The number of aliphatic hydroxyl groups excluding tert-OH is 1. The predicted molar refractivity (Wildman–Crippen MR) is 90.2 cm³/mol. The monoisotopic (exact) mass is 319 g/mol. The van der Waals surface area contributed by atoms with E-state index in [-0.39, 0.29) is 18.9 Å². The highest BCUT2D eigenvalue weighted by molar-refractivity contribution is 5.19. The Morgan fingerprint density at radius 1 is 1.09 bits per heavy atom. The second kappa shape index (κ2) is 8.78. The van der Waals surface area contributed by atoms with Gasteiger partial charge in [0.25, 0.3) is 0 Å². The van der Waals surface area contributed by atoms with Crippen LogP contribution in [0.4, 0.5) is 0 Å². The highest BCUT2D eigenvalue weighted by Crippen LogP contribution is 2.31. The van der Waals surface area contributed by atoms with E-state index in [1.54, 1.807) is 0 Å². The van der Waals surface area contributed by atoms with E-state index in [2.05, 4.69) is 29.2 Å². The average molecular weight is 319 g/mol. The number of ether oxygens (including phenoxy) is 2. The van der Waals surface area contributed by atoms with Gasteiger partial charge < -0.3 is 14.6 Å². The fraction of sp³-hybridized carbons (Fsp3) is 0.684. The smallest absolute Gasteiger partial charge is 0.157 e. The van der Waals surface area contributed by atoms with Gasteiger partial charge in [-0.05, 0) is 44.2 Å². The van der Waals surface area contributed by atoms with Gasteiger partial charge in [0.2, 0.25) is 0 Å². The molecule has 0 unspecified atom stereocenters. The van der Waals surface area contributed by atoms with E-state index in [1.807, 2.05) is 6.07 Å². The molecule has 2 saturated heterocycles. The number of rotatable bonds is 7. The van der Waals surface area contributed by atoms with Crippen molar-refractivity contribution in [3.05, 3.63) is 35.9 Å². The van der Waals surface area contributed by atoms with Crippen LogP contribution in [0.15, 0.2) is 30.3 Å². The van der Waals surface area contributed by atoms with E-state index in [4.69, 9.17) is 9.47 Å². The van der Waals surface area contributed by atoms with Crippen LogP contribution in [0.5, 0.6) is 0 Å². The van der Waals surface area contributed by atoms with E-state index < -0.39 is 0 Å². The largest absolute Gasteiger partial charge is 0.394 e. The van der Waals surface area contributed by atoms with Crippen molar-refractivity contribution in [1.82, 2.24) is 4.90 Å². The molecule has 1 aromatic carbocycles. The van der Waals surface area contributed by atoms with Crippen LogP contribution in [0.3, 0.4) is 0 Å². The first-order valence-electron chi connectivity index (χ1n) is 9.03. The second-order valence-electron chi connectivity index (χ2n) is 6.60. The Morgan fingerprint density at radius 3 is 2.61 bits per heavy atom. The third kappa shape index (κ3) is 4.54. The van der Waals surface area contributed by atoms with Crippen molar-refractivity contribution < 1.29 is 14.6 Å². The molecule has 128 valence electrons. The lowest BCUT2D eigenvalue weighted by Crippen LogP contribution is -2.43. The molecule has 3 rings (SSSR count). The minimum atomic E-state index is 0.00908. The first kappa shape index (κ1) is 16.9. The summed E-state index contributed by atoms with van der Waals surface area (Å²) in [6, 6.07) is 11.1. The molecule has 4 nitrogen and oxygen atoms in total. The van der Waals surface area contributed by atoms with Crippen LogP contribution in [-0.2, 0) is 9.47 Å². The molecule has 0 saturated carbocycles. The Balaban J connectivity index is 1.58. The summed E-state index contributed by atoms with van der Waals surface area (Å²) < 4.78 is 11.1. The van der Waals surface area contributed by atoms with Crippen molar-refractivity contribution in [2.45, 2.75) is 56.9 Å². The third-order valence-corrected chi connectivity index (χ3v) is 5.10. The molecule has 2 heterocycles. The van der Waals surface area contributed by atoms with Gasteiger partial charge in [-0.15, -0.1) is 0 Å². The standard InChI is InChI=1S/C19H29NO3/c21-15-18(16-7-2-1-3-8-16)20-12-5-4-9-17(20)10-6-11-19-22-13-14-23-19/h1-3,7-8,17-19,21H,4-6,9-15H2/t17-,18+/m1/s1. The number of benzene rings is 1. The fourth-order valence-electron chi connectivity index (χ4n) is 3.91. The summed E-state index contributed by atoms with van der Waals surface area (Å²) in [5.74, 6) is 0. The van der Waals surface area contributed by atoms with Gasteiger partial charge in [-0.25, -0.2) is 0 Å². The summed E-state index contributed by atoms with van der Waals surface area (Å²) in [7, 11) is 0. The number of hydrogen-bond acceptors (Lipinski definition) is 4. The maximum absolute atomic E-state index is 9.97. The van der Waals surface area contributed by atoms with Crippen molar-refractivity contribution >= 4 is 0 Å². The number of nitrogens with zero attached hydrogens (tertiary/aromatic N) is 1. The average Bonchev–Trinajstić information content (AvgIpc) is 3.11. The first-order chi connectivity index (χ1) is 11.4. The van der Waals surface area contributed by atoms with Crippen LogP contribution < -0.4 is 0 Å². The molecule has 23 heavy (non-hydrogen) atoms. The van der Waals surface area contributed by atoms with Gasteiger partial charge in [-0.2, -0.15) is 0 Å². The van der Waals surface area contributed by atoms with Gasteiger partial charge in [0, 0.05) is 6.04 Å². The maximum atomic E-state index is 9.97. The fourth-order valence-corrected chi connectivity index (χ4v) is 3.91. The highest BCUT2D eigenvalue weighted by Gasteiger charge is 2.29. The van der Waals surface area contributed by atoms with Crippen molar-refractivity contribution in [3.63, 3.8) is 0 Å². The molecular weight excluding hydrogens is 290 g/mol. The van der Waals surface area contributed by atoms with Gasteiger partial charge in [0.15, 0.2) is 6.29 Å². The lowest BCUT2D eigenvalue weighted by Gasteiger charge is -2.41. The SMILES string of the molecule is OC[C@@H](c1ccccc1)N1CCCC[C@@H]1CCCC1OCCO1. The Hall–Kier alpha value is -0.940. The topological polar surface area (TPSA) is 41.9 Å². The van der Waals surface area contributed by atoms with Gasteiger partial charge in [0.05, 0.1) is 25.9 Å². The van der Waals surface area contributed by atoms with Crippen LogP contribution >= 0.6 is 0 Å². The molecule has 0 aromatic heterocycles. The Bertz CT molecular complexity index is 447. The summed E-state index contributed by atoms with van der Waals surface area (Å²) in [6.07, 6.45) is 7.04. The lowest BCUT2D eigenvalue weighted by atomic mass is 9.93. The molecule has 0 aliphatic carbocycles. The third-order valence-electron chi connectivity index (χ3n) is 5.10. The Kier molecular flexibility index (Phi) is 6.46. The maximum Gasteiger partial charge on any atom is 0.157 e. The minimum absolute atomic E-state index is 0.00908. The van der Waals surface area contributed by atoms with Crippen molar-refractivity contribution in [1.29, 1.82) is 0 Å². The Labute approximate surface area is 139 Å². The van der Waals surface area contributed by atoms with Gasteiger partial charge in [-0.3, -0.25) is 4.90 Å². The molecule has 1 aromatic rings. The van der Waals surface area contributed by atoms with Gasteiger partial charge >= 0.3 is 0 Å². The Morgan fingerprint density at radius 2 is 1.87 bits per heavy atom. The number of aliphatic hydroxyl groups is 1. The molecule has 2 aliphatic rings. The quantitative estimate of drug-likeness (QED) is 0.838. The highest BCUT2D eigenvalue weighted by atomic mass is 16.7. The lowest BCUT2D eigenvalue weighted by molar-refractivity contribution is -0.0499. The number of likely N-dealkylation sites (tertiary alicyclic amines) is 1. The van der Waals surface area contributed by atoms with Gasteiger partial charge in [-0.1, -0.05) is 36.8 Å². The molecule has 2 aliphatic heterocycles. The van der Waals surface area contributed by atoms with Crippen molar-refractivity contribution in [2.24, 2.45) is 0 Å². The normalized spacial score (nSPS) is 24.8. The van der Waals surface area contributed by atoms with E-state index >= 15 is 0 Å². The summed E-state index contributed by atoms with van der Waals surface area (Å²) in [5, 5.41) is 9.97. The molecule has 1 N–H and O–H groups in total. The molecule has 0 radical (unpaired) electrons. The number of piperidine rings is 1. The van der Waals surface area contributed by atoms with Gasteiger partial charge in [0.1, 0.15) is 0 Å². The van der Waals surface area contributed by atoms with Crippen molar-refractivity contribution in [2.75, 3.05) is 26.4 Å². The van der Waals surface area contributed by atoms with Crippen LogP contribution in [0, 0.1) is 0 Å². The zero-order valence-electron chi connectivity index (χ0n) is 13.9. The zero-order valence-corrected chi connectivity index (χ0v) is 13.9. The minimum Gasteiger partial charge on any atom is -0.394 e. The van der Waals surface area contributed by atoms with E-state index in [9.17, 15) is 5.11 Å². The summed E-state index contributed by atoms with van der Waals surface area (Å²) in [5.41, 5.74) is 1.23. The second-order valence-corrected chi connectivity index (χ2v) is 6.60. The molecule has 0 amide bonds. The molecule has 2 atom stereocenters. The van der Waals surface area contributed by atoms with Crippen LogP contribution in [-0.4, -0.2) is 48.7 Å². The molecule has 0 spiro atoms.